The van der Waals surface area contributed by atoms with Gasteiger partial charge in [0.25, 0.3) is 0 Å². The van der Waals surface area contributed by atoms with E-state index in [0.29, 0.717) is 13.0 Å². The molecule has 2 aliphatic heterocycles. The Hall–Kier alpha value is -2.76. The fourth-order valence-electron chi connectivity index (χ4n) is 5.05. The van der Waals surface area contributed by atoms with Gasteiger partial charge in [0, 0.05) is 49.0 Å². The number of rotatable bonds is 5. The number of carbonyl (C=O) groups is 2. The van der Waals surface area contributed by atoms with Crippen LogP contribution in [0, 0.1) is 20.8 Å². The number of hydrogen-bond acceptors (Lipinski definition) is 4. The van der Waals surface area contributed by atoms with Crippen LogP contribution in [0.15, 0.2) is 24.3 Å². The van der Waals surface area contributed by atoms with Crippen LogP contribution in [0.4, 0.5) is 0 Å². The van der Waals surface area contributed by atoms with Crippen LogP contribution in [0.2, 0.25) is 0 Å². The number of carbonyl (C=O) groups excluding carboxylic acids is 2. The summed E-state index contributed by atoms with van der Waals surface area (Å²) in [7, 11) is 0. The minimum atomic E-state index is -0.156. The molecule has 3 heterocycles. The van der Waals surface area contributed by atoms with Gasteiger partial charge in [-0.2, -0.15) is 0 Å². The molecule has 2 aromatic rings. The molecule has 0 saturated carbocycles. The summed E-state index contributed by atoms with van der Waals surface area (Å²) in [4.78, 5) is 39.4. The summed E-state index contributed by atoms with van der Waals surface area (Å²) in [6, 6.07) is 8.21. The molecule has 2 saturated heterocycles. The van der Waals surface area contributed by atoms with E-state index in [1.807, 2.05) is 42.7 Å². The number of hydrogen-bond donors (Lipinski definition) is 0. The zero-order valence-electron chi connectivity index (χ0n) is 20.4. The normalized spacial score (nSPS) is 19.6. The van der Waals surface area contributed by atoms with Crippen molar-refractivity contribution in [3.05, 3.63) is 58.2 Å². The monoisotopic (exact) mass is 448 g/mol. The van der Waals surface area contributed by atoms with Crippen molar-refractivity contribution < 1.29 is 9.59 Å². The molecule has 1 aromatic carbocycles. The summed E-state index contributed by atoms with van der Waals surface area (Å²) in [6.45, 7) is 11.1. The Balaban J connectivity index is 1.41. The summed E-state index contributed by atoms with van der Waals surface area (Å²) >= 11 is 0. The van der Waals surface area contributed by atoms with E-state index in [1.165, 1.54) is 12.0 Å². The van der Waals surface area contributed by atoms with Crippen molar-refractivity contribution in [2.45, 2.75) is 71.6 Å². The largest absolute Gasteiger partial charge is 0.342 e. The summed E-state index contributed by atoms with van der Waals surface area (Å²) in [5, 5.41) is 0. The molecule has 2 aliphatic rings. The smallest absolute Gasteiger partial charge is 0.229 e. The first-order valence-electron chi connectivity index (χ1n) is 12.3. The number of amides is 2. The number of piperidine rings is 1. The molecule has 176 valence electrons. The van der Waals surface area contributed by atoms with Crippen LogP contribution in [-0.4, -0.2) is 57.8 Å². The average Bonchev–Trinajstić information content (AvgIpc) is 3.31. The second kappa shape index (κ2) is 10.0. The van der Waals surface area contributed by atoms with Crippen molar-refractivity contribution in [1.29, 1.82) is 0 Å². The van der Waals surface area contributed by atoms with Crippen molar-refractivity contribution in [1.82, 2.24) is 19.8 Å². The number of nitrogens with zero attached hydrogens (tertiary/aromatic N) is 4. The quantitative estimate of drug-likeness (QED) is 0.691. The van der Waals surface area contributed by atoms with E-state index in [1.54, 1.807) is 0 Å². The third-order valence-electron chi connectivity index (χ3n) is 7.29. The molecule has 0 aliphatic carbocycles. The summed E-state index contributed by atoms with van der Waals surface area (Å²) in [5.41, 5.74) is 4.98. The van der Waals surface area contributed by atoms with Gasteiger partial charge in [-0.05, 0) is 58.9 Å². The molecule has 2 fully saturated rings. The predicted molar refractivity (Wildman–Crippen MR) is 129 cm³/mol. The van der Waals surface area contributed by atoms with Crippen molar-refractivity contribution >= 4 is 11.8 Å². The van der Waals surface area contributed by atoms with Gasteiger partial charge < -0.3 is 9.80 Å². The van der Waals surface area contributed by atoms with Gasteiger partial charge in [0.2, 0.25) is 11.8 Å². The number of aryl methyl sites for hydroxylation is 3. The van der Waals surface area contributed by atoms with Gasteiger partial charge in [-0.1, -0.05) is 29.8 Å². The van der Waals surface area contributed by atoms with Crippen LogP contribution in [0.25, 0.3) is 0 Å². The third kappa shape index (κ3) is 5.26. The fourth-order valence-corrected chi connectivity index (χ4v) is 5.05. The number of likely N-dealkylation sites (tertiary alicyclic amines) is 2. The predicted octanol–water partition coefficient (Wildman–Crippen LogP) is 4.08. The maximum absolute atomic E-state index is 13.1. The zero-order chi connectivity index (χ0) is 23.5. The Morgan fingerprint density at radius 3 is 2.21 bits per heavy atom. The van der Waals surface area contributed by atoms with E-state index < -0.39 is 0 Å². The Kier molecular flexibility index (Phi) is 7.11. The second-order valence-electron chi connectivity index (χ2n) is 9.75. The zero-order valence-corrected chi connectivity index (χ0v) is 20.4. The highest BCUT2D eigenvalue weighted by molar-refractivity contribution is 5.83. The van der Waals surface area contributed by atoms with Gasteiger partial charge in [-0.3, -0.25) is 9.59 Å². The first kappa shape index (κ1) is 23.4. The van der Waals surface area contributed by atoms with Crippen LogP contribution in [0.5, 0.6) is 0 Å². The van der Waals surface area contributed by atoms with Crippen LogP contribution in [-0.2, 0) is 16.0 Å². The maximum Gasteiger partial charge on any atom is 0.229 e. The fraction of sp³-hybridized carbons (Fsp3) is 0.556. The molecule has 2 atom stereocenters. The topological polar surface area (TPSA) is 66.4 Å². The van der Waals surface area contributed by atoms with E-state index in [4.69, 9.17) is 9.97 Å². The molecular formula is C27H36N4O2. The van der Waals surface area contributed by atoms with Crippen molar-refractivity contribution in [3.63, 3.8) is 0 Å². The van der Waals surface area contributed by atoms with E-state index in [9.17, 15) is 9.59 Å². The highest BCUT2D eigenvalue weighted by atomic mass is 16.2. The first-order valence-corrected chi connectivity index (χ1v) is 12.3. The molecule has 0 bridgehead atoms. The molecular weight excluding hydrogens is 412 g/mol. The molecule has 4 rings (SSSR count). The number of benzene rings is 1. The van der Waals surface area contributed by atoms with Gasteiger partial charge in [0.05, 0.1) is 12.3 Å². The van der Waals surface area contributed by atoms with Gasteiger partial charge in [0.15, 0.2) is 0 Å². The molecule has 0 radical (unpaired) electrons. The summed E-state index contributed by atoms with van der Waals surface area (Å²) in [6.07, 6.45) is 4.65. The Labute approximate surface area is 197 Å². The molecule has 0 spiro atoms. The molecule has 2 amide bonds. The van der Waals surface area contributed by atoms with Crippen molar-refractivity contribution in [3.8, 4) is 0 Å². The Morgan fingerprint density at radius 1 is 0.939 bits per heavy atom. The first-order chi connectivity index (χ1) is 15.8. The molecule has 1 aromatic heterocycles. The second-order valence-corrected chi connectivity index (χ2v) is 9.75. The Bertz CT molecular complexity index is 988. The van der Waals surface area contributed by atoms with Crippen LogP contribution in [0.1, 0.15) is 78.3 Å². The van der Waals surface area contributed by atoms with Gasteiger partial charge in [-0.25, -0.2) is 9.97 Å². The highest BCUT2D eigenvalue weighted by Gasteiger charge is 2.32. The summed E-state index contributed by atoms with van der Waals surface area (Å²) < 4.78 is 0. The minimum Gasteiger partial charge on any atom is -0.342 e. The molecule has 6 nitrogen and oxygen atoms in total. The average molecular weight is 449 g/mol. The van der Waals surface area contributed by atoms with Gasteiger partial charge in [-0.15, -0.1) is 0 Å². The van der Waals surface area contributed by atoms with Crippen molar-refractivity contribution in [2.75, 3.05) is 26.2 Å². The summed E-state index contributed by atoms with van der Waals surface area (Å²) in [5.74, 6) is 1.14. The van der Waals surface area contributed by atoms with E-state index in [2.05, 4.69) is 19.1 Å². The van der Waals surface area contributed by atoms with Crippen LogP contribution in [0.3, 0.4) is 0 Å². The SMILES string of the molecule is Cc1ccc([C@@H](C)C(=O)N2CC[C@@H](c3nc(C)c(CC(=O)N4CCCCC4)c(C)n3)C2)cc1. The Morgan fingerprint density at radius 2 is 1.58 bits per heavy atom. The minimum absolute atomic E-state index is 0.142. The van der Waals surface area contributed by atoms with Crippen LogP contribution < -0.4 is 0 Å². The lowest BCUT2D eigenvalue weighted by Gasteiger charge is -2.27. The van der Waals surface area contributed by atoms with E-state index in [-0.39, 0.29) is 23.7 Å². The molecule has 0 unspecified atom stereocenters. The molecule has 33 heavy (non-hydrogen) atoms. The lowest BCUT2D eigenvalue weighted by molar-refractivity contribution is -0.132. The number of aromatic nitrogens is 2. The van der Waals surface area contributed by atoms with E-state index in [0.717, 1.165) is 67.2 Å². The van der Waals surface area contributed by atoms with Gasteiger partial charge in [0.1, 0.15) is 5.82 Å². The lowest BCUT2D eigenvalue weighted by atomic mass is 9.98. The van der Waals surface area contributed by atoms with E-state index >= 15 is 0 Å². The lowest BCUT2D eigenvalue weighted by Crippen LogP contribution is -2.37. The third-order valence-corrected chi connectivity index (χ3v) is 7.29. The standard InChI is InChI=1S/C27H36N4O2/c1-18-8-10-22(11-9-18)19(2)27(33)31-15-12-23(17-31)26-28-20(3)24(21(4)29-26)16-25(32)30-13-6-5-7-14-30/h8-11,19,23H,5-7,12-17H2,1-4H3/t19-,23-/m1/s1. The maximum atomic E-state index is 13.1. The molecule has 6 heteroatoms. The van der Waals surface area contributed by atoms with Crippen molar-refractivity contribution in [2.24, 2.45) is 0 Å². The molecule has 0 N–H and O–H groups in total. The highest BCUT2D eigenvalue weighted by Crippen LogP contribution is 2.29. The van der Waals surface area contributed by atoms with Gasteiger partial charge >= 0.3 is 0 Å². The van der Waals surface area contributed by atoms with Crippen LogP contribution >= 0.6 is 0 Å².